The molecule has 30 heavy (non-hydrogen) atoms. The molecule has 2 aromatic heterocycles. The van der Waals surface area contributed by atoms with Gasteiger partial charge in [-0.05, 0) is 56.2 Å². The van der Waals surface area contributed by atoms with E-state index >= 15 is 0 Å². The van der Waals surface area contributed by atoms with Crippen molar-refractivity contribution in [1.29, 1.82) is 0 Å². The van der Waals surface area contributed by atoms with E-state index in [-0.39, 0.29) is 11.3 Å². The highest BCUT2D eigenvalue weighted by Crippen LogP contribution is 2.26. The molecule has 0 aliphatic carbocycles. The fourth-order valence-electron chi connectivity index (χ4n) is 3.29. The summed E-state index contributed by atoms with van der Waals surface area (Å²) in [6, 6.07) is 10.4. The summed E-state index contributed by atoms with van der Waals surface area (Å²) in [6.45, 7) is 6.07. The van der Waals surface area contributed by atoms with Crippen LogP contribution in [0.15, 0.2) is 52.8 Å². The smallest absolute Gasteiger partial charge is 0.336 e. The molecule has 0 fully saturated rings. The van der Waals surface area contributed by atoms with Crippen molar-refractivity contribution in [2.75, 3.05) is 7.11 Å². The number of nitrogens with zero attached hydrogens (tertiary/aromatic N) is 5. The van der Waals surface area contributed by atoms with Crippen molar-refractivity contribution in [1.82, 2.24) is 9.55 Å². The fraction of sp³-hybridized carbons (Fsp3) is 0.238. The first-order valence-corrected chi connectivity index (χ1v) is 9.19. The highest BCUT2D eigenvalue weighted by Gasteiger charge is 2.16. The van der Waals surface area contributed by atoms with Gasteiger partial charge >= 0.3 is 11.7 Å². The molecular weight excluding hydrogens is 386 g/mol. The molecule has 9 nitrogen and oxygen atoms in total. The Balaban J connectivity index is 1.83. The summed E-state index contributed by atoms with van der Waals surface area (Å²) >= 11 is 0. The molecule has 0 atom stereocenters. The molecule has 0 saturated carbocycles. The van der Waals surface area contributed by atoms with Gasteiger partial charge in [0, 0.05) is 23.1 Å². The van der Waals surface area contributed by atoms with Crippen molar-refractivity contribution >= 4 is 17.5 Å². The van der Waals surface area contributed by atoms with Crippen LogP contribution in [-0.2, 0) is 11.4 Å². The minimum atomic E-state index is -0.949. The number of carbonyl (C=O) groups is 1. The Bertz CT molecular complexity index is 1130. The second-order valence-electron chi connectivity index (χ2n) is 6.70. The molecule has 1 aromatic carbocycles. The van der Waals surface area contributed by atoms with Crippen LogP contribution in [0.5, 0.6) is 0 Å². The lowest BCUT2D eigenvalue weighted by atomic mass is 10.1. The summed E-state index contributed by atoms with van der Waals surface area (Å²) in [4.78, 5) is 31.8. The third-order valence-electron chi connectivity index (χ3n) is 4.84. The molecule has 0 spiro atoms. The Morgan fingerprint density at radius 1 is 1.23 bits per heavy atom. The average molecular weight is 408 g/mol. The zero-order valence-electron chi connectivity index (χ0n) is 17.2. The van der Waals surface area contributed by atoms with Crippen LogP contribution in [0.2, 0.25) is 0 Å². The molecule has 3 rings (SSSR count). The minimum Gasteiger partial charge on any atom is -0.478 e. The van der Waals surface area contributed by atoms with Gasteiger partial charge in [-0.1, -0.05) is 6.07 Å². The maximum Gasteiger partial charge on any atom is 0.336 e. The van der Waals surface area contributed by atoms with E-state index in [0.717, 1.165) is 22.6 Å². The molecule has 0 amide bonds. The lowest BCUT2D eigenvalue weighted by molar-refractivity contribution is -0.736. The van der Waals surface area contributed by atoms with Gasteiger partial charge in [0.05, 0.1) is 17.0 Å². The van der Waals surface area contributed by atoms with Gasteiger partial charge in [0.25, 0.3) is 4.92 Å². The molecule has 3 aromatic rings. The first kappa shape index (κ1) is 20.8. The number of rotatable bonds is 7. The SMILES string of the molecule is CO[N+](=O)c1ccc(N=NCc2cc(C)n(-c3cccc(C(=O)O)c3C)c2C)nc1. The van der Waals surface area contributed by atoms with E-state index in [9.17, 15) is 14.8 Å². The quantitative estimate of drug-likeness (QED) is 0.448. The summed E-state index contributed by atoms with van der Waals surface area (Å²) in [5.74, 6) is -0.572. The highest BCUT2D eigenvalue weighted by atomic mass is 16.8. The number of aromatic nitrogens is 2. The van der Waals surface area contributed by atoms with Crippen molar-refractivity contribution in [2.45, 2.75) is 27.3 Å². The predicted octanol–water partition coefficient (Wildman–Crippen LogP) is 4.75. The number of azo groups is 1. The van der Waals surface area contributed by atoms with E-state index in [1.807, 2.05) is 30.5 Å². The standard InChI is InChI=1S/C21H21N5O4/c1-13-10-16(11-23-24-20-9-8-17(12-22-20)26(29)30-4)15(3)25(13)19-7-5-6-18(14(19)2)21(27)28/h5-10,12H,11H2,1-4H3/p+1. The van der Waals surface area contributed by atoms with Crippen molar-refractivity contribution in [3.05, 3.63) is 75.6 Å². The first-order chi connectivity index (χ1) is 14.3. The molecule has 0 saturated heterocycles. The Hall–Kier alpha value is -3.88. The largest absolute Gasteiger partial charge is 0.478 e. The molecule has 154 valence electrons. The number of carboxylic acids is 1. The number of aromatic carboxylic acids is 1. The lowest BCUT2D eigenvalue weighted by Crippen LogP contribution is -2.07. The van der Waals surface area contributed by atoms with Crippen LogP contribution < -0.4 is 0 Å². The number of hydrogen-bond acceptors (Lipinski definition) is 6. The third kappa shape index (κ3) is 4.09. The lowest BCUT2D eigenvalue weighted by Gasteiger charge is -2.14. The van der Waals surface area contributed by atoms with E-state index in [1.54, 1.807) is 31.2 Å². The van der Waals surface area contributed by atoms with Crippen LogP contribution in [0.1, 0.15) is 32.9 Å². The summed E-state index contributed by atoms with van der Waals surface area (Å²) in [5, 5.41) is 17.7. The molecule has 1 N–H and O–H groups in total. The summed E-state index contributed by atoms with van der Waals surface area (Å²) in [5.41, 5.74) is 4.97. The number of benzene rings is 1. The molecule has 0 bridgehead atoms. The first-order valence-electron chi connectivity index (χ1n) is 9.19. The van der Waals surface area contributed by atoms with Crippen molar-refractivity contribution in [3.8, 4) is 5.69 Å². The van der Waals surface area contributed by atoms with Crippen LogP contribution in [-0.4, -0.2) is 32.7 Å². The van der Waals surface area contributed by atoms with E-state index in [0.29, 0.717) is 22.8 Å². The normalized spacial score (nSPS) is 11.1. The van der Waals surface area contributed by atoms with Crippen molar-refractivity contribution in [2.24, 2.45) is 10.2 Å². The van der Waals surface area contributed by atoms with Gasteiger partial charge in [-0.15, -0.1) is 5.11 Å². The number of carboxylic acid groups (broad SMARTS) is 1. The number of aryl methyl sites for hydroxylation is 1. The summed E-state index contributed by atoms with van der Waals surface area (Å²) in [6.07, 6.45) is 1.36. The molecule has 2 heterocycles. The van der Waals surface area contributed by atoms with Crippen molar-refractivity contribution < 1.29 is 19.7 Å². The van der Waals surface area contributed by atoms with Gasteiger partial charge in [0.2, 0.25) is 0 Å². The maximum absolute atomic E-state index is 11.5. The Kier molecular flexibility index (Phi) is 6.01. The Labute approximate surface area is 173 Å². The monoisotopic (exact) mass is 408 g/mol. The van der Waals surface area contributed by atoms with Crippen LogP contribution in [0.4, 0.5) is 11.5 Å². The fourth-order valence-corrected chi connectivity index (χ4v) is 3.29. The van der Waals surface area contributed by atoms with Gasteiger partial charge in [0.1, 0.15) is 6.20 Å². The predicted molar refractivity (Wildman–Crippen MR) is 110 cm³/mol. The van der Waals surface area contributed by atoms with Gasteiger partial charge < -0.3 is 9.67 Å². The van der Waals surface area contributed by atoms with Gasteiger partial charge in [-0.25, -0.2) is 14.6 Å². The summed E-state index contributed by atoms with van der Waals surface area (Å²) in [7, 11) is 1.27. The molecule has 0 aliphatic heterocycles. The van der Waals surface area contributed by atoms with E-state index < -0.39 is 5.97 Å². The van der Waals surface area contributed by atoms with Crippen LogP contribution in [0, 0.1) is 25.7 Å². The third-order valence-corrected chi connectivity index (χ3v) is 4.84. The van der Waals surface area contributed by atoms with Crippen molar-refractivity contribution in [3.63, 3.8) is 0 Å². The Morgan fingerprint density at radius 2 is 2.00 bits per heavy atom. The zero-order valence-corrected chi connectivity index (χ0v) is 17.2. The minimum absolute atomic E-state index is 0.263. The van der Waals surface area contributed by atoms with Gasteiger partial charge in [-0.3, -0.25) is 0 Å². The average Bonchev–Trinajstić information content (AvgIpc) is 3.01. The number of pyridine rings is 1. The molecule has 9 heteroatoms. The van der Waals surface area contributed by atoms with Crippen LogP contribution >= 0.6 is 0 Å². The maximum atomic E-state index is 11.5. The molecule has 0 radical (unpaired) electrons. The van der Waals surface area contributed by atoms with E-state index in [4.69, 9.17) is 0 Å². The topological polar surface area (TPSA) is 109 Å². The molecule has 0 unspecified atom stereocenters. The highest BCUT2D eigenvalue weighted by molar-refractivity contribution is 5.90. The second kappa shape index (κ2) is 8.64. The second-order valence-corrected chi connectivity index (χ2v) is 6.70. The molecular formula is C21H22N5O4+. The van der Waals surface area contributed by atoms with E-state index in [2.05, 4.69) is 20.1 Å². The molecule has 0 aliphatic rings. The zero-order chi connectivity index (χ0) is 21.8. The van der Waals surface area contributed by atoms with E-state index in [1.165, 1.54) is 13.3 Å². The van der Waals surface area contributed by atoms with Gasteiger partial charge in [-0.2, -0.15) is 5.11 Å². The Morgan fingerprint density at radius 3 is 2.63 bits per heavy atom. The van der Waals surface area contributed by atoms with Crippen LogP contribution in [0.3, 0.4) is 0 Å². The van der Waals surface area contributed by atoms with Gasteiger partial charge in [0.15, 0.2) is 12.9 Å². The number of hydrogen-bond donors (Lipinski definition) is 1. The van der Waals surface area contributed by atoms with Crippen LogP contribution in [0.25, 0.3) is 5.69 Å². The summed E-state index contributed by atoms with van der Waals surface area (Å²) < 4.78 is 2.02.